The van der Waals surface area contributed by atoms with Crippen molar-refractivity contribution in [2.45, 2.75) is 11.8 Å². The molecule has 0 bridgehead atoms. The minimum absolute atomic E-state index is 0.115. The van der Waals surface area contributed by atoms with E-state index in [9.17, 15) is 27.7 Å². The van der Waals surface area contributed by atoms with Crippen LogP contribution in [-0.2, 0) is 10.1 Å². The van der Waals surface area contributed by atoms with Crippen LogP contribution in [0.2, 0.25) is 0 Å². The Bertz CT molecular complexity index is 1190. The molecule has 0 aliphatic rings. The number of hydrogen-bond acceptors (Lipinski definition) is 6. The predicted octanol–water partition coefficient (Wildman–Crippen LogP) is 4.04. The molecule has 0 aliphatic carbocycles. The number of carbonyl (C=O) groups excluding carboxylic acids is 1. The average Bonchev–Trinajstić information content (AvgIpc) is 2.68. The largest absolute Gasteiger partial charge is 0.379 e. The molecule has 0 heterocycles. The number of benzene rings is 3. The number of nitro groups is 1. The molecule has 3 aromatic rings. The van der Waals surface area contributed by atoms with Gasteiger partial charge in [0.25, 0.3) is 5.69 Å². The first-order valence-electron chi connectivity index (χ1n) is 8.27. The summed E-state index contributed by atoms with van der Waals surface area (Å²) >= 11 is 0. The Kier molecular flexibility index (Phi) is 5.42. The van der Waals surface area contributed by atoms with Gasteiger partial charge in [-0.1, -0.05) is 6.07 Å². The van der Waals surface area contributed by atoms with Crippen molar-refractivity contribution in [3.63, 3.8) is 0 Å². The summed E-state index contributed by atoms with van der Waals surface area (Å²) in [5, 5.41) is 11.2. The van der Waals surface area contributed by atoms with Gasteiger partial charge in [-0.05, 0) is 67.1 Å². The first kappa shape index (κ1) is 20.2. The minimum atomic E-state index is -4.46. The van der Waals surface area contributed by atoms with Crippen LogP contribution < -0.4 is 4.18 Å². The van der Waals surface area contributed by atoms with Gasteiger partial charge in [0.15, 0.2) is 10.7 Å². The van der Waals surface area contributed by atoms with E-state index in [4.69, 9.17) is 4.18 Å². The van der Waals surface area contributed by atoms with Crippen LogP contribution >= 0.6 is 0 Å². The van der Waals surface area contributed by atoms with Crippen molar-refractivity contribution in [1.29, 1.82) is 0 Å². The molecule has 7 nitrogen and oxygen atoms in total. The number of rotatable bonds is 6. The van der Waals surface area contributed by atoms with Crippen molar-refractivity contribution in [2.24, 2.45) is 0 Å². The van der Waals surface area contributed by atoms with E-state index in [1.165, 1.54) is 42.5 Å². The fraction of sp³-hybridized carbons (Fsp3) is 0.0500. The fourth-order valence-corrected chi connectivity index (χ4v) is 3.66. The molecule has 3 rings (SSSR count). The number of carbonyl (C=O) groups is 1. The molecule has 0 radical (unpaired) electrons. The van der Waals surface area contributed by atoms with E-state index in [1.54, 1.807) is 6.92 Å². The molecule has 0 fully saturated rings. The van der Waals surface area contributed by atoms with Gasteiger partial charge in [0, 0.05) is 17.2 Å². The number of nitrogens with zero attached hydrogens (tertiary/aromatic N) is 1. The summed E-state index contributed by atoms with van der Waals surface area (Å²) in [6, 6.07) is 13.9. The fourth-order valence-electron chi connectivity index (χ4n) is 2.58. The Morgan fingerprint density at radius 1 is 0.966 bits per heavy atom. The van der Waals surface area contributed by atoms with E-state index in [2.05, 4.69) is 0 Å². The lowest BCUT2D eigenvalue weighted by Gasteiger charge is -2.09. The zero-order chi connectivity index (χ0) is 21.2. The van der Waals surface area contributed by atoms with E-state index >= 15 is 0 Å². The molecular weight excluding hydrogens is 401 g/mol. The van der Waals surface area contributed by atoms with Gasteiger partial charge >= 0.3 is 10.1 Å². The summed E-state index contributed by atoms with van der Waals surface area (Å²) in [6.07, 6.45) is 0. The Labute approximate surface area is 165 Å². The van der Waals surface area contributed by atoms with Gasteiger partial charge in [-0.3, -0.25) is 14.9 Å². The number of hydrogen-bond donors (Lipinski definition) is 0. The van der Waals surface area contributed by atoms with E-state index in [0.29, 0.717) is 5.56 Å². The monoisotopic (exact) mass is 415 g/mol. The lowest BCUT2D eigenvalue weighted by molar-refractivity contribution is -0.387. The van der Waals surface area contributed by atoms with E-state index in [0.717, 1.165) is 24.3 Å². The predicted molar refractivity (Wildman–Crippen MR) is 102 cm³/mol. The SMILES string of the molecule is Cc1ccc(S(=O)(=O)Oc2ccc(C(=O)c3ccc(F)cc3)cc2)c([N+](=O)[O-])c1. The highest BCUT2D eigenvalue weighted by Crippen LogP contribution is 2.28. The molecular formula is C20H14FNO6S. The lowest BCUT2D eigenvalue weighted by atomic mass is 10.0. The van der Waals surface area contributed by atoms with Crippen LogP contribution in [-0.4, -0.2) is 19.1 Å². The van der Waals surface area contributed by atoms with Crippen LogP contribution in [0, 0.1) is 22.9 Å². The average molecular weight is 415 g/mol. The topological polar surface area (TPSA) is 104 Å². The second-order valence-corrected chi connectivity index (χ2v) is 7.64. The van der Waals surface area contributed by atoms with Crippen molar-refractivity contribution in [3.8, 4) is 5.75 Å². The van der Waals surface area contributed by atoms with Crippen LogP contribution in [0.3, 0.4) is 0 Å². The molecule has 0 unspecified atom stereocenters. The Balaban J connectivity index is 1.85. The van der Waals surface area contributed by atoms with Crippen molar-refractivity contribution in [1.82, 2.24) is 0 Å². The van der Waals surface area contributed by atoms with Gasteiger partial charge in [0.05, 0.1) is 4.92 Å². The van der Waals surface area contributed by atoms with Gasteiger partial charge in [-0.25, -0.2) is 4.39 Å². The summed E-state index contributed by atoms with van der Waals surface area (Å²) in [4.78, 5) is 22.2. The third kappa shape index (κ3) is 4.46. The number of nitro benzene ring substituents is 1. The van der Waals surface area contributed by atoms with E-state index in [-0.39, 0.29) is 22.7 Å². The van der Waals surface area contributed by atoms with Crippen molar-refractivity contribution < 1.29 is 26.7 Å². The number of halogens is 1. The van der Waals surface area contributed by atoms with Gasteiger partial charge in [-0.2, -0.15) is 8.42 Å². The van der Waals surface area contributed by atoms with Crippen LogP contribution in [0.1, 0.15) is 21.5 Å². The summed E-state index contributed by atoms with van der Waals surface area (Å²) in [5.41, 5.74) is 0.443. The van der Waals surface area contributed by atoms with Crippen molar-refractivity contribution in [2.75, 3.05) is 0 Å². The molecule has 0 atom stereocenters. The highest BCUT2D eigenvalue weighted by atomic mass is 32.2. The van der Waals surface area contributed by atoms with Crippen LogP contribution in [0.4, 0.5) is 10.1 Å². The maximum atomic E-state index is 13.0. The third-order valence-corrected chi connectivity index (χ3v) is 5.31. The summed E-state index contributed by atoms with van der Waals surface area (Å²) in [6.45, 7) is 1.60. The zero-order valence-corrected chi connectivity index (χ0v) is 15.9. The smallest absolute Gasteiger partial charge is 0.346 e. The first-order chi connectivity index (χ1) is 13.7. The molecule has 0 N–H and O–H groups in total. The van der Waals surface area contributed by atoms with Gasteiger partial charge in [0.2, 0.25) is 0 Å². The Morgan fingerprint density at radius 3 is 2.07 bits per heavy atom. The molecule has 0 saturated carbocycles. The lowest BCUT2D eigenvalue weighted by Crippen LogP contribution is -2.12. The molecule has 0 amide bonds. The molecule has 148 valence electrons. The normalized spacial score (nSPS) is 11.1. The minimum Gasteiger partial charge on any atom is -0.379 e. The van der Waals surface area contributed by atoms with Crippen molar-refractivity contribution >= 4 is 21.6 Å². The van der Waals surface area contributed by atoms with Crippen molar-refractivity contribution in [3.05, 3.63) is 99.4 Å². The molecule has 29 heavy (non-hydrogen) atoms. The maximum Gasteiger partial charge on any atom is 0.346 e. The highest BCUT2D eigenvalue weighted by molar-refractivity contribution is 7.87. The Hall–Kier alpha value is -3.59. The van der Waals surface area contributed by atoms with Crippen LogP contribution in [0.15, 0.2) is 71.6 Å². The van der Waals surface area contributed by atoms with Crippen LogP contribution in [0.25, 0.3) is 0 Å². The summed E-state index contributed by atoms with van der Waals surface area (Å²) < 4.78 is 42.9. The van der Waals surface area contributed by atoms with Gasteiger partial charge in [-0.15, -0.1) is 0 Å². The summed E-state index contributed by atoms with van der Waals surface area (Å²) in [5.74, 6) is -0.968. The molecule has 3 aromatic carbocycles. The molecule has 0 aliphatic heterocycles. The van der Waals surface area contributed by atoms with E-state index in [1.807, 2.05) is 0 Å². The van der Waals surface area contributed by atoms with Gasteiger partial charge in [0.1, 0.15) is 11.6 Å². The molecule has 0 spiro atoms. The standard InChI is InChI=1S/C20H14FNO6S/c1-13-2-11-19(18(12-13)22(24)25)29(26,27)28-17-9-5-15(6-10-17)20(23)14-3-7-16(21)8-4-14/h2-12H,1H3. The second-order valence-electron chi connectivity index (χ2n) is 6.13. The Morgan fingerprint density at radius 2 is 1.52 bits per heavy atom. The van der Waals surface area contributed by atoms with Gasteiger partial charge < -0.3 is 4.18 Å². The number of ketones is 1. The molecule has 0 aromatic heterocycles. The van der Waals surface area contributed by atoms with Crippen LogP contribution in [0.5, 0.6) is 5.75 Å². The summed E-state index contributed by atoms with van der Waals surface area (Å²) in [7, 11) is -4.46. The zero-order valence-electron chi connectivity index (χ0n) is 15.0. The second kappa shape index (κ2) is 7.80. The molecule has 0 saturated heterocycles. The first-order valence-corrected chi connectivity index (χ1v) is 9.68. The number of aryl methyl sites for hydroxylation is 1. The quantitative estimate of drug-likeness (QED) is 0.260. The third-order valence-electron chi connectivity index (χ3n) is 4.01. The molecule has 9 heteroatoms. The highest BCUT2D eigenvalue weighted by Gasteiger charge is 2.28. The van der Waals surface area contributed by atoms with E-state index < -0.39 is 31.4 Å². The maximum absolute atomic E-state index is 13.0.